The van der Waals surface area contributed by atoms with E-state index in [0.29, 0.717) is 34.3 Å². The largest absolute Gasteiger partial charge is 0.489 e. The molecule has 0 aliphatic carbocycles. The Morgan fingerprint density at radius 1 is 0.975 bits per heavy atom. The third-order valence-electron chi connectivity index (χ3n) is 6.18. The smallest absolute Gasteiger partial charge is 0.266 e. The topological polar surface area (TPSA) is 79.9 Å². The molecule has 0 radical (unpaired) electrons. The summed E-state index contributed by atoms with van der Waals surface area (Å²) in [5.74, 6) is 0.212. The van der Waals surface area contributed by atoms with E-state index in [9.17, 15) is 10.1 Å². The lowest BCUT2D eigenvalue weighted by Gasteiger charge is -2.08. The van der Waals surface area contributed by atoms with Gasteiger partial charge in [-0.15, -0.1) is 0 Å². The molecule has 0 aliphatic heterocycles. The van der Waals surface area contributed by atoms with Gasteiger partial charge in [-0.3, -0.25) is 4.79 Å². The summed E-state index contributed by atoms with van der Waals surface area (Å²) in [6.45, 7) is 2.38. The van der Waals surface area contributed by atoms with Crippen LogP contribution in [0.5, 0.6) is 5.75 Å². The summed E-state index contributed by atoms with van der Waals surface area (Å²) >= 11 is 5.97. The lowest BCUT2D eigenvalue weighted by Crippen LogP contribution is -2.13. The van der Waals surface area contributed by atoms with Crippen molar-refractivity contribution in [1.29, 1.82) is 5.26 Å². The Bertz CT molecular complexity index is 1680. The predicted octanol–water partition coefficient (Wildman–Crippen LogP) is 7.63. The number of carbonyl (C=O) groups is 1. The van der Waals surface area contributed by atoms with Gasteiger partial charge in [0, 0.05) is 28.0 Å². The molecule has 1 amide bonds. The molecule has 1 N–H and O–H groups in total. The van der Waals surface area contributed by atoms with Crippen LogP contribution in [0.2, 0.25) is 5.02 Å². The van der Waals surface area contributed by atoms with E-state index in [1.165, 1.54) is 0 Å². The third kappa shape index (κ3) is 6.47. The van der Waals surface area contributed by atoms with Gasteiger partial charge in [0.25, 0.3) is 5.91 Å². The van der Waals surface area contributed by atoms with E-state index < -0.39 is 5.91 Å². The molecule has 6 nitrogen and oxygen atoms in total. The number of amides is 1. The minimum Gasteiger partial charge on any atom is -0.489 e. The Morgan fingerprint density at radius 2 is 1.68 bits per heavy atom. The van der Waals surface area contributed by atoms with E-state index in [2.05, 4.69) is 5.32 Å². The molecule has 0 aliphatic rings. The summed E-state index contributed by atoms with van der Waals surface area (Å²) in [7, 11) is 0. The predicted molar refractivity (Wildman–Crippen MR) is 158 cm³/mol. The number of aromatic nitrogens is 2. The molecule has 5 rings (SSSR count). The Morgan fingerprint density at radius 3 is 2.35 bits per heavy atom. The van der Waals surface area contributed by atoms with Crippen molar-refractivity contribution >= 4 is 29.3 Å². The number of ether oxygens (including phenoxy) is 1. The van der Waals surface area contributed by atoms with Crippen LogP contribution in [-0.2, 0) is 11.4 Å². The second kappa shape index (κ2) is 12.2. The van der Waals surface area contributed by atoms with Gasteiger partial charge in [0.1, 0.15) is 24.0 Å². The SMILES string of the molecule is Cc1ccc(NC(=O)/C(C#N)=C\c2cn(-c3ccccc3)nc2-c2ccc(OCc3ccc(Cl)cc3)cc2)cc1. The molecule has 4 aromatic carbocycles. The minimum atomic E-state index is -0.490. The third-order valence-corrected chi connectivity index (χ3v) is 6.44. The minimum absolute atomic E-state index is 0.0302. The zero-order chi connectivity index (χ0) is 27.9. The number of hydrogen-bond acceptors (Lipinski definition) is 4. The van der Waals surface area contributed by atoms with E-state index in [-0.39, 0.29) is 5.57 Å². The van der Waals surface area contributed by atoms with E-state index in [1.807, 2.05) is 110 Å². The molecule has 0 spiro atoms. The number of hydrogen-bond donors (Lipinski definition) is 1. The first-order chi connectivity index (χ1) is 19.5. The van der Waals surface area contributed by atoms with Gasteiger partial charge in [0.15, 0.2) is 0 Å². The molecule has 0 atom stereocenters. The molecule has 1 aromatic heterocycles. The summed E-state index contributed by atoms with van der Waals surface area (Å²) in [5.41, 5.74) is 5.61. The molecular formula is C33H25ClN4O2. The molecule has 0 saturated carbocycles. The maximum absolute atomic E-state index is 13.0. The maximum Gasteiger partial charge on any atom is 0.266 e. The average Bonchev–Trinajstić information content (AvgIpc) is 3.41. The molecule has 0 bridgehead atoms. The van der Waals surface area contributed by atoms with Crippen molar-refractivity contribution in [2.24, 2.45) is 0 Å². The van der Waals surface area contributed by atoms with E-state index in [4.69, 9.17) is 21.4 Å². The van der Waals surface area contributed by atoms with E-state index in [1.54, 1.807) is 22.9 Å². The Hall–Kier alpha value is -5.12. The maximum atomic E-state index is 13.0. The Balaban J connectivity index is 1.43. The van der Waals surface area contributed by atoms with Crippen LogP contribution in [0.1, 0.15) is 16.7 Å². The fraction of sp³-hybridized carbons (Fsp3) is 0.0606. The summed E-state index contributed by atoms with van der Waals surface area (Å²) in [6, 6.07) is 34.2. The van der Waals surface area contributed by atoms with Gasteiger partial charge in [-0.05, 0) is 79.2 Å². The molecule has 7 heteroatoms. The molecule has 0 saturated heterocycles. The molecular weight excluding hydrogens is 520 g/mol. The van der Waals surface area contributed by atoms with Crippen molar-refractivity contribution in [3.8, 4) is 28.8 Å². The molecule has 40 heavy (non-hydrogen) atoms. The number of halogens is 1. The summed E-state index contributed by atoms with van der Waals surface area (Å²) < 4.78 is 7.66. The fourth-order valence-electron chi connectivity index (χ4n) is 4.03. The van der Waals surface area contributed by atoms with Crippen molar-refractivity contribution in [1.82, 2.24) is 9.78 Å². The van der Waals surface area contributed by atoms with Crippen LogP contribution >= 0.6 is 11.6 Å². The number of nitrogens with zero attached hydrogens (tertiary/aromatic N) is 3. The monoisotopic (exact) mass is 544 g/mol. The summed E-state index contributed by atoms with van der Waals surface area (Å²) in [5, 5.41) is 18.1. The highest BCUT2D eigenvalue weighted by atomic mass is 35.5. The highest BCUT2D eigenvalue weighted by Gasteiger charge is 2.16. The van der Waals surface area contributed by atoms with Crippen LogP contribution in [0, 0.1) is 18.3 Å². The number of carbonyl (C=O) groups excluding carboxylic acids is 1. The van der Waals surface area contributed by atoms with Crippen LogP contribution in [0.15, 0.2) is 115 Å². The first-order valence-electron chi connectivity index (χ1n) is 12.6. The second-order valence-corrected chi connectivity index (χ2v) is 9.58. The number of para-hydroxylation sites is 1. The molecule has 5 aromatic rings. The number of nitrogens with one attached hydrogen (secondary N) is 1. The standard InChI is InChI=1S/C33H25ClN4O2/c1-23-7-15-29(16-8-23)36-33(39)26(20-35)19-27-21-38(30-5-3-2-4-6-30)37-32(27)25-11-17-31(18-12-25)40-22-24-9-13-28(34)14-10-24/h2-19,21H,22H2,1H3,(H,36,39)/b26-19-. The second-order valence-electron chi connectivity index (χ2n) is 9.14. The number of benzene rings is 4. The highest BCUT2D eigenvalue weighted by molar-refractivity contribution is 6.30. The first-order valence-corrected chi connectivity index (χ1v) is 13.0. The van der Waals surface area contributed by atoms with Gasteiger partial charge in [-0.25, -0.2) is 4.68 Å². The lowest BCUT2D eigenvalue weighted by molar-refractivity contribution is -0.112. The normalized spacial score (nSPS) is 11.1. The molecule has 1 heterocycles. The van der Waals surface area contributed by atoms with Crippen molar-refractivity contribution in [3.63, 3.8) is 0 Å². The molecule has 0 unspecified atom stereocenters. The molecule has 0 fully saturated rings. The van der Waals surface area contributed by atoms with Crippen LogP contribution in [0.4, 0.5) is 5.69 Å². The van der Waals surface area contributed by atoms with Crippen LogP contribution < -0.4 is 10.1 Å². The lowest BCUT2D eigenvalue weighted by atomic mass is 10.1. The number of anilines is 1. The number of aryl methyl sites for hydroxylation is 1. The highest BCUT2D eigenvalue weighted by Crippen LogP contribution is 2.28. The van der Waals surface area contributed by atoms with Crippen LogP contribution in [-0.4, -0.2) is 15.7 Å². The van der Waals surface area contributed by atoms with Crippen molar-refractivity contribution < 1.29 is 9.53 Å². The fourth-order valence-corrected chi connectivity index (χ4v) is 4.15. The van der Waals surface area contributed by atoms with Crippen molar-refractivity contribution in [2.75, 3.05) is 5.32 Å². The summed E-state index contributed by atoms with van der Waals surface area (Å²) in [4.78, 5) is 13.0. The van der Waals surface area contributed by atoms with Crippen LogP contribution in [0.3, 0.4) is 0 Å². The van der Waals surface area contributed by atoms with Crippen molar-refractivity contribution in [3.05, 3.63) is 137 Å². The quantitative estimate of drug-likeness (QED) is 0.161. The zero-order valence-corrected chi connectivity index (χ0v) is 22.5. The van der Waals surface area contributed by atoms with Gasteiger partial charge in [-0.1, -0.05) is 59.6 Å². The van der Waals surface area contributed by atoms with Gasteiger partial charge < -0.3 is 10.1 Å². The van der Waals surface area contributed by atoms with Gasteiger partial charge in [-0.2, -0.15) is 10.4 Å². The Labute approximate surface area is 237 Å². The van der Waals surface area contributed by atoms with Gasteiger partial charge >= 0.3 is 0 Å². The van der Waals surface area contributed by atoms with E-state index in [0.717, 1.165) is 22.4 Å². The molecule has 196 valence electrons. The average molecular weight is 545 g/mol. The Kier molecular flexibility index (Phi) is 8.05. The van der Waals surface area contributed by atoms with Gasteiger partial charge in [0.05, 0.1) is 11.4 Å². The van der Waals surface area contributed by atoms with Crippen LogP contribution in [0.25, 0.3) is 23.0 Å². The van der Waals surface area contributed by atoms with Crippen molar-refractivity contribution in [2.45, 2.75) is 13.5 Å². The van der Waals surface area contributed by atoms with Gasteiger partial charge in [0.2, 0.25) is 0 Å². The van der Waals surface area contributed by atoms with E-state index >= 15 is 0 Å². The zero-order valence-electron chi connectivity index (χ0n) is 21.7. The first kappa shape index (κ1) is 26.5. The summed E-state index contributed by atoms with van der Waals surface area (Å²) in [6.07, 6.45) is 3.38. The number of rotatable bonds is 8. The number of nitriles is 1.